The summed E-state index contributed by atoms with van der Waals surface area (Å²) in [6.07, 6.45) is 0. The van der Waals surface area contributed by atoms with E-state index in [1.165, 1.54) is 26.4 Å². The van der Waals surface area contributed by atoms with E-state index in [-0.39, 0.29) is 5.41 Å². The average molecular weight is 303 g/mol. The third kappa shape index (κ3) is 1.45. The van der Waals surface area contributed by atoms with Crippen molar-refractivity contribution in [3.05, 3.63) is 68.9 Å². The fraction of sp³-hybridized carbons (Fsp3) is 0.125. The number of hydrogen-bond donors (Lipinski definition) is 0. The molecule has 2 heterocycles. The van der Waals surface area contributed by atoms with Gasteiger partial charge in [-0.25, -0.2) is 0 Å². The molecular formula is C16H11ClS2. The normalized spacial score (nSPS) is 15.3. The zero-order valence-electron chi connectivity index (χ0n) is 10.3. The molecule has 0 bridgehead atoms. The predicted octanol–water partition coefficient (Wildman–Crippen LogP) is 5.80. The number of hydrogen-bond acceptors (Lipinski definition) is 2. The maximum absolute atomic E-state index is 6.19. The second kappa shape index (κ2) is 3.95. The lowest BCUT2D eigenvalue weighted by Gasteiger charge is -2.26. The van der Waals surface area contributed by atoms with Crippen LogP contribution in [0, 0.1) is 0 Å². The van der Waals surface area contributed by atoms with Gasteiger partial charge >= 0.3 is 0 Å². The van der Waals surface area contributed by atoms with Gasteiger partial charge in [0.25, 0.3) is 0 Å². The molecule has 0 N–H and O–H groups in total. The molecule has 3 heteroatoms. The molecule has 0 nitrogen and oxygen atoms in total. The lowest BCUT2D eigenvalue weighted by molar-refractivity contribution is 0.717. The molecular weight excluding hydrogens is 292 g/mol. The quantitative estimate of drug-likeness (QED) is 0.533. The molecule has 0 atom stereocenters. The van der Waals surface area contributed by atoms with Gasteiger partial charge in [-0.05, 0) is 58.6 Å². The van der Waals surface area contributed by atoms with Crippen LogP contribution in [0.4, 0.5) is 0 Å². The Morgan fingerprint density at radius 1 is 0.947 bits per heavy atom. The second-order valence-corrected chi connectivity index (χ2v) is 7.23. The Bertz CT molecular complexity index is 726. The van der Waals surface area contributed by atoms with E-state index in [1.807, 2.05) is 34.8 Å². The lowest BCUT2D eigenvalue weighted by Crippen LogP contribution is -2.21. The number of rotatable bonds is 1. The monoisotopic (exact) mass is 302 g/mol. The number of benzene rings is 1. The summed E-state index contributed by atoms with van der Waals surface area (Å²) in [6, 6.07) is 12.8. The highest BCUT2D eigenvalue weighted by atomic mass is 35.5. The summed E-state index contributed by atoms with van der Waals surface area (Å²) >= 11 is 9.87. The van der Waals surface area contributed by atoms with Crippen molar-refractivity contribution < 1.29 is 0 Å². The molecule has 0 unspecified atom stereocenters. The number of thiophene rings is 2. The van der Waals surface area contributed by atoms with Crippen molar-refractivity contribution in [2.45, 2.75) is 12.3 Å². The molecule has 0 aliphatic heterocycles. The molecule has 19 heavy (non-hydrogen) atoms. The van der Waals surface area contributed by atoms with Gasteiger partial charge in [-0.15, -0.1) is 22.7 Å². The first-order valence-corrected chi connectivity index (χ1v) is 8.27. The SMILES string of the molecule is CC1(c2cccc(Cl)c2)c2ccsc2-c2sccc21. The molecule has 0 saturated heterocycles. The van der Waals surface area contributed by atoms with E-state index < -0.39 is 0 Å². The summed E-state index contributed by atoms with van der Waals surface area (Å²) in [6.45, 7) is 2.31. The Morgan fingerprint density at radius 2 is 1.58 bits per heavy atom. The first-order valence-electron chi connectivity index (χ1n) is 6.13. The molecule has 0 radical (unpaired) electrons. The van der Waals surface area contributed by atoms with Crippen LogP contribution in [0.25, 0.3) is 9.75 Å². The molecule has 2 aromatic heterocycles. The van der Waals surface area contributed by atoms with Crippen LogP contribution in [0.2, 0.25) is 5.02 Å². The third-order valence-corrected chi connectivity index (χ3v) is 6.24. The van der Waals surface area contributed by atoms with Gasteiger partial charge in [-0.1, -0.05) is 23.7 Å². The Kier molecular flexibility index (Phi) is 2.44. The van der Waals surface area contributed by atoms with E-state index in [0.29, 0.717) is 0 Å². The first-order chi connectivity index (χ1) is 9.21. The summed E-state index contributed by atoms with van der Waals surface area (Å²) in [5.41, 5.74) is 4.05. The minimum Gasteiger partial charge on any atom is -0.143 e. The molecule has 1 aliphatic rings. The van der Waals surface area contributed by atoms with Gasteiger partial charge in [-0.3, -0.25) is 0 Å². The van der Waals surface area contributed by atoms with Crippen LogP contribution in [0.5, 0.6) is 0 Å². The Hall–Kier alpha value is -1.09. The number of fused-ring (bicyclic) bond motifs is 3. The predicted molar refractivity (Wildman–Crippen MR) is 84.6 cm³/mol. The van der Waals surface area contributed by atoms with Gasteiger partial charge in [0.2, 0.25) is 0 Å². The minimum absolute atomic E-state index is 0.0600. The van der Waals surface area contributed by atoms with Crippen LogP contribution in [0.3, 0.4) is 0 Å². The van der Waals surface area contributed by atoms with Crippen LogP contribution < -0.4 is 0 Å². The van der Waals surface area contributed by atoms with E-state index in [9.17, 15) is 0 Å². The van der Waals surface area contributed by atoms with Crippen LogP contribution in [0.1, 0.15) is 23.6 Å². The Balaban J connectivity index is 2.06. The van der Waals surface area contributed by atoms with Crippen molar-refractivity contribution in [1.29, 1.82) is 0 Å². The molecule has 0 fully saturated rings. The van der Waals surface area contributed by atoms with E-state index in [0.717, 1.165) is 5.02 Å². The summed E-state index contributed by atoms with van der Waals surface area (Å²) in [5.74, 6) is 0. The lowest BCUT2D eigenvalue weighted by atomic mass is 9.75. The molecule has 0 spiro atoms. The van der Waals surface area contributed by atoms with Crippen molar-refractivity contribution in [3.63, 3.8) is 0 Å². The summed E-state index contributed by atoms with van der Waals surface area (Å²) in [5, 5.41) is 5.19. The molecule has 94 valence electrons. The first kappa shape index (κ1) is 11.7. The topological polar surface area (TPSA) is 0 Å². The maximum atomic E-state index is 6.19. The van der Waals surface area contributed by atoms with E-state index in [1.54, 1.807) is 0 Å². The smallest absolute Gasteiger partial charge is 0.0490 e. The van der Waals surface area contributed by atoms with E-state index >= 15 is 0 Å². The van der Waals surface area contributed by atoms with E-state index in [4.69, 9.17) is 11.6 Å². The molecule has 0 saturated carbocycles. The number of halogens is 1. The van der Waals surface area contributed by atoms with Crippen molar-refractivity contribution >= 4 is 34.3 Å². The molecule has 1 aromatic carbocycles. The van der Waals surface area contributed by atoms with Crippen LogP contribution in [0.15, 0.2) is 47.2 Å². The highest BCUT2D eigenvalue weighted by molar-refractivity contribution is 7.21. The molecule has 1 aliphatic carbocycles. The zero-order chi connectivity index (χ0) is 13.0. The summed E-state index contributed by atoms with van der Waals surface area (Å²) in [4.78, 5) is 2.85. The summed E-state index contributed by atoms with van der Waals surface area (Å²) in [7, 11) is 0. The van der Waals surface area contributed by atoms with Crippen molar-refractivity contribution in [2.24, 2.45) is 0 Å². The standard InChI is InChI=1S/C16H11ClS2/c1-16(10-3-2-4-11(17)9-10)12-5-7-18-14(12)15-13(16)6-8-19-15/h2-9H,1H3. The van der Waals surface area contributed by atoms with Crippen molar-refractivity contribution in [3.8, 4) is 9.75 Å². The summed E-state index contributed by atoms with van der Waals surface area (Å²) < 4.78 is 0. The van der Waals surface area contributed by atoms with Gasteiger partial charge in [0.05, 0.1) is 0 Å². The third-order valence-electron chi connectivity index (χ3n) is 4.02. The molecule has 3 aromatic rings. The van der Waals surface area contributed by atoms with E-state index in [2.05, 4.69) is 41.9 Å². The van der Waals surface area contributed by atoms with Gasteiger partial charge in [0.15, 0.2) is 0 Å². The van der Waals surface area contributed by atoms with Gasteiger partial charge in [0, 0.05) is 20.2 Å². The Labute approximate surface area is 125 Å². The van der Waals surface area contributed by atoms with Crippen LogP contribution >= 0.6 is 34.3 Å². The largest absolute Gasteiger partial charge is 0.143 e. The molecule has 0 amide bonds. The van der Waals surface area contributed by atoms with Gasteiger partial charge in [0.1, 0.15) is 0 Å². The van der Waals surface area contributed by atoms with Crippen molar-refractivity contribution in [1.82, 2.24) is 0 Å². The highest BCUT2D eigenvalue weighted by Gasteiger charge is 2.42. The fourth-order valence-electron chi connectivity index (χ4n) is 3.01. The Morgan fingerprint density at radius 3 is 2.16 bits per heavy atom. The van der Waals surface area contributed by atoms with Crippen LogP contribution in [-0.2, 0) is 5.41 Å². The van der Waals surface area contributed by atoms with Crippen molar-refractivity contribution in [2.75, 3.05) is 0 Å². The van der Waals surface area contributed by atoms with Gasteiger partial charge in [-0.2, -0.15) is 0 Å². The highest BCUT2D eigenvalue weighted by Crippen LogP contribution is 2.56. The maximum Gasteiger partial charge on any atom is 0.0490 e. The fourth-order valence-corrected chi connectivity index (χ4v) is 5.40. The minimum atomic E-state index is -0.0600. The van der Waals surface area contributed by atoms with Gasteiger partial charge < -0.3 is 0 Å². The zero-order valence-corrected chi connectivity index (χ0v) is 12.7. The average Bonchev–Trinajstić information content (AvgIpc) is 3.08. The second-order valence-electron chi connectivity index (χ2n) is 4.96. The molecule has 4 rings (SSSR count). The van der Waals surface area contributed by atoms with Crippen LogP contribution in [-0.4, -0.2) is 0 Å².